The van der Waals surface area contributed by atoms with Crippen LogP contribution in [0, 0.1) is 17.8 Å². The van der Waals surface area contributed by atoms with Crippen LogP contribution in [0.5, 0.6) is 0 Å². The minimum absolute atomic E-state index is 0.152. The van der Waals surface area contributed by atoms with E-state index < -0.39 is 23.9 Å². The Morgan fingerprint density at radius 1 is 1.33 bits per heavy atom. The topological polar surface area (TPSA) is 80.7 Å². The van der Waals surface area contributed by atoms with Gasteiger partial charge >= 0.3 is 5.97 Å². The van der Waals surface area contributed by atoms with Crippen molar-refractivity contribution in [3.63, 3.8) is 0 Å². The lowest BCUT2D eigenvalue weighted by molar-refractivity contribution is -0.144. The van der Waals surface area contributed by atoms with Crippen LogP contribution in [0.1, 0.15) is 6.42 Å². The van der Waals surface area contributed by atoms with Crippen molar-refractivity contribution in [1.82, 2.24) is 0 Å². The van der Waals surface area contributed by atoms with E-state index in [9.17, 15) is 14.4 Å². The number of thioether (sulfide) groups is 1. The third-order valence-corrected chi connectivity index (χ3v) is 4.37. The highest BCUT2D eigenvalue weighted by Crippen LogP contribution is 2.53. The van der Waals surface area contributed by atoms with E-state index in [0.717, 1.165) is 11.8 Å². The Balaban J connectivity index is 1.95. The first kappa shape index (κ1) is 9.35. The predicted octanol–water partition coefficient (Wildman–Crippen LogP) is -0.109. The molecule has 0 unspecified atom stereocenters. The number of carbonyl (C=O) groups is 3. The van der Waals surface area contributed by atoms with Gasteiger partial charge < -0.3 is 9.84 Å². The molecule has 80 valence electrons. The smallest absolute Gasteiger partial charge is 0.309 e. The zero-order chi connectivity index (χ0) is 10.7. The summed E-state index contributed by atoms with van der Waals surface area (Å²) in [4.78, 5) is 33.8. The third-order valence-electron chi connectivity index (χ3n) is 3.42. The summed E-state index contributed by atoms with van der Waals surface area (Å²) >= 11 is 0.723. The fourth-order valence-corrected chi connectivity index (χ4v) is 3.84. The molecule has 0 amide bonds. The predicted molar refractivity (Wildman–Crippen MR) is 49.0 cm³/mol. The van der Waals surface area contributed by atoms with Gasteiger partial charge in [0.2, 0.25) is 10.2 Å². The monoisotopic (exact) mass is 228 g/mol. The minimum atomic E-state index is -0.932. The van der Waals surface area contributed by atoms with Crippen LogP contribution < -0.4 is 0 Å². The molecule has 0 aliphatic carbocycles. The molecular weight excluding hydrogens is 220 g/mol. The van der Waals surface area contributed by atoms with Crippen molar-refractivity contribution in [2.24, 2.45) is 17.8 Å². The van der Waals surface area contributed by atoms with Crippen molar-refractivity contribution in [1.29, 1.82) is 0 Å². The molecular formula is C9H8O5S. The second-order valence-corrected chi connectivity index (χ2v) is 5.12. The summed E-state index contributed by atoms with van der Waals surface area (Å²) in [5, 5.41) is 8.55. The number of hydrogen-bond acceptors (Lipinski definition) is 5. The van der Waals surface area contributed by atoms with Crippen molar-refractivity contribution in [2.75, 3.05) is 0 Å². The average Bonchev–Trinajstić information content (AvgIpc) is 2.77. The number of hydrogen-bond donors (Lipinski definition) is 1. The summed E-state index contributed by atoms with van der Waals surface area (Å²) in [6.07, 6.45) is -0.572. The molecule has 0 aromatic heterocycles. The summed E-state index contributed by atoms with van der Waals surface area (Å²) in [6.45, 7) is 0. The van der Waals surface area contributed by atoms with Gasteiger partial charge in [-0.2, -0.15) is 0 Å². The van der Waals surface area contributed by atoms with Gasteiger partial charge in [0.05, 0.1) is 30.0 Å². The molecule has 3 aliphatic rings. The molecule has 3 fully saturated rings. The van der Waals surface area contributed by atoms with E-state index in [4.69, 9.17) is 9.84 Å². The summed E-state index contributed by atoms with van der Waals surface area (Å²) in [5.74, 6) is -2.45. The van der Waals surface area contributed by atoms with E-state index in [1.807, 2.05) is 0 Å². The highest BCUT2D eigenvalue weighted by molar-refractivity contribution is 8.26. The molecule has 3 rings (SSSR count). The molecule has 0 aromatic rings. The van der Waals surface area contributed by atoms with Gasteiger partial charge in [0.15, 0.2) is 0 Å². The van der Waals surface area contributed by atoms with Gasteiger partial charge in [0, 0.05) is 0 Å². The Morgan fingerprint density at radius 2 is 2.00 bits per heavy atom. The SMILES string of the molecule is O=C1SC(=O)[C@H]2[C@@H]1[C@H]1O[C@@H]2C[C@H]1C(=O)O. The molecule has 0 spiro atoms. The first-order valence-electron chi connectivity index (χ1n) is 4.73. The van der Waals surface area contributed by atoms with Gasteiger partial charge in [0.25, 0.3) is 0 Å². The van der Waals surface area contributed by atoms with Crippen LogP contribution in [-0.2, 0) is 19.1 Å². The van der Waals surface area contributed by atoms with Crippen molar-refractivity contribution < 1.29 is 24.2 Å². The number of fused-ring (bicyclic) bond motifs is 5. The number of carboxylic acids is 1. The van der Waals surface area contributed by atoms with E-state index in [2.05, 4.69) is 0 Å². The van der Waals surface area contributed by atoms with Crippen molar-refractivity contribution >= 4 is 28.0 Å². The van der Waals surface area contributed by atoms with Gasteiger partial charge in [-0.25, -0.2) is 0 Å². The fraction of sp³-hybridized carbons (Fsp3) is 0.667. The van der Waals surface area contributed by atoms with E-state index in [0.29, 0.717) is 6.42 Å². The first-order chi connectivity index (χ1) is 7.09. The molecule has 0 saturated carbocycles. The number of ether oxygens (including phenoxy) is 1. The Hall–Kier alpha value is -0.880. The molecule has 2 bridgehead atoms. The highest BCUT2D eigenvalue weighted by atomic mass is 32.2. The van der Waals surface area contributed by atoms with Crippen molar-refractivity contribution in [3.8, 4) is 0 Å². The molecule has 15 heavy (non-hydrogen) atoms. The lowest BCUT2D eigenvalue weighted by Crippen LogP contribution is -2.38. The summed E-state index contributed by atoms with van der Waals surface area (Å²) < 4.78 is 5.42. The normalized spacial score (nSPS) is 47.3. The Morgan fingerprint density at radius 3 is 2.67 bits per heavy atom. The van der Waals surface area contributed by atoms with Crippen LogP contribution in [0.4, 0.5) is 0 Å². The summed E-state index contributed by atoms with van der Waals surface area (Å²) in [7, 11) is 0. The number of rotatable bonds is 1. The Kier molecular flexibility index (Phi) is 1.76. The van der Waals surface area contributed by atoms with E-state index in [1.54, 1.807) is 0 Å². The molecule has 3 saturated heterocycles. The Labute approximate surface area is 89.2 Å². The zero-order valence-electron chi connectivity index (χ0n) is 7.58. The molecule has 6 heteroatoms. The number of carbonyl (C=O) groups excluding carboxylic acids is 2. The summed E-state index contributed by atoms with van der Waals surface area (Å²) in [5.41, 5.74) is 0. The summed E-state index contributed by atoms with van der Waals surface area (Å²) in [6, 6.07) is 0. The first-order valence-corrected chi connectivity index (χ1v) is 5.55. The molecule has 0 radical (unpaired) electrons. The lowest BCUT2D eigenvalue weighted by Gasteiger charge is -2.22. The standard InChI is InChI=1S/C9H8O5S/c10-7(11)2-1-3-4-5(6(2)14-3)9(13)15-8(4)12/h2-6H,1H2,(H,10,11)/t2-,3-,4-,5-,6+/m1/s1. The quantitative estimate of drug-likeness (QED) is 0.674. The van der Waals surface area contributed by atoms with Gasteiger partial charge in [-0.3, -0.25) is 14.4 Å². The molecule has 3 heterocycles. The van der Waals surface area contributed by atoms with Gasteiger partial charge in [-0.15, -0.1) is 0 Å². The van der Waals surface area contributed by atoms with E-state index in [1.165, 1.54) is 0 Å². The minimum Gasteiger partial charge on any atom is -0.481 e. The van der Waals surface area contributed by atoms with Crippen molar-refractivity contribution in [2.45, 2.75) is 18.6 Å². The lowest BCUT2D eigenvalue weighted by atomic mass is 9.75. The van der Waals surface area contributed by atoms with Crippen LogP contribution in [-0.4, -0.2) is 33.5 Å². The van der Waals surface area contributed by atoms with Crippen molar-refractivity contribution in [3.05, 3.63) is 0 Å². The van der Waals surface area contributed by atoms with Crippen LogP contribution in [0.3, 0.4) is 0 Å². The van der Waals surface area contributed by atoms with E-state index >= 15 is 0 Å². The Bertz CT molecular complexity index is 379. The maximum Gasteiger partial charge on any atom is 0.309 e. The van der Waals surface area contributed by atoms with Gasteiger partial charge in [-0.05, 0) is 18.2 Å². The molecule has 1 N–H and O–H groups in total. The fourth-order valence-electron chi connectivity index (χ4n) is 2.79. The largest absolute Gasteiger partial charge is 0.481 e. The second kappa shape index (κ2) is 2.82. The van der Waals surface area contributed by atoms with Gasteiger partial charge in [0.1, 0.15) is 0 Å². The zero-order valence-corrected chi connectivity index (χ0v) is 8.40. The van der Waals surface area contributed by atoms with E-state index in [-0.39, 0.29) is 22.3 Å². The average molecular weight is 228 g/mol. The van der Waals surface area contributed by atoms with Crippen LogP contribution >= 0.6 is 11.8 Å². The number of carboxylic acid groups (broad SMARTS) is 1. The van der Waals surface area contributed by atoms with Gasteiger partial charge in [-0.1, -0.05) is 0 Å². The highest BCUT2D eigenvalue weighted by Gasteiger charge is 2.64. The number of aliphatic carboxylic acids is 1. The third kappa shape index (κ3) is 1.06. The molecule has 5 nitrogen and oxygen atoms in total. The van der Waals surface area contributed by atoms with Crippen LogP contribution in [0.15, 0.2) is 0 Å². The maximum atomic E-state index is 11.5. The molecule has 3 aliphatic heterocycles. The molecule has 5 atom stereocenters. The molecule has 0 aromatic carbocycles. The van der Waals surface area contributed by atoms with Crippen LogP contribution in [0.2, 0.25) is 0 Å². The van der Waals surface area contributed by atoms with Crippen LogP contribution in [0.25, 0.3) is 0 Å². The maximum absolute atomic E-state index is 11.5. The second-order valence-electron chi connectivity index (χ2n) is 4.11.